The Labute approximate surface area is 102 Å². The normalized spacial score (nSPS) is 10.7. The lowest BCUT2D eigenvalue weighted by Crippen LogP contribution is -1.97. The molecule has 0 aliphatic rings. The highest BCUT2D eigenvalue weighted by molar-refractivity contribution is 5.94. The fourth-order valence-electron chi connectivity index (χ4n) is 1.79. The Morgan fingerprint density at radius 1 is 1.22 bits per heavy atom. The van der Waals surface area contributed by atoms with Crippen LogP contribution in [0.15, 0.2) is 43.1 Å². The quantitative estimate of drug-likeness (QED) is 0.734. The zero-order valence-corrected chi connectivity index (χ0v) is 9.19. The van der Waals surface area contributed by atoms with Gasteiger partial charge in [0.25, 0.3) is 0 Å². The van der Waals surface area contributed by atoms with Gasteiger partial charge in [0.1, 0.15) is 5.82 Å². The predicted molar refractivity (Wildman–Crippen MR) is 63.2 cm³/mol. The van der Waals surface area contributed by atoms with Crippen LogP contribution in [0.5, 0.6) is 0 Å². The number of pyridine rings is 1. The third-order valence-electron chi connectivity index (χ3n) is 2.57. The van der Waals surface area contributed by atoms with E-state index in [0.717, 1.165) is 5.56 Å². The molecule has 3 aromatic rings. The third kappa shape index (κ3) is 1.51. The van der Waals surface area contributed by atoms with Gasteiger partial charge in [0.15, 0.2) is 5.69 Å². The molecule has 0 aliphatic heterocycles. The first-order valence-corrected chi connectivity index (χ1v) is 5.23. The molecule has 18 heavy (non-hydrogen) atoms. The van der Waals surface area contributed by atoms with Crippen molar-refractivity contribution in [1.82, 2.24) is 19.4 Å². The average molecular weight is 240 g/mol. The van der Waals surface area contributed by atoms with Gasteiger partial charge in [-0.1, -0.05) is 0 Å². The summed E-state index contributed by atoms with van der Waals surface area (Å²) < 4.78 is 1.69. The van der Waals surface area contributed by atoms with Crippen LogP contribution in [0.1, 0.15) is 10.5 Å². The number of rotatable bonds is 2. The van der Waals surface area contributed by atoms with Gasteiger partial charge < -0.3 is 5.11 Å². The first-order chi connectivity index (χ1) is 8.77. The molecule has 3 rings (SSSR count). The summed E-state index contributed by atoms with van der Waals surface area (Å²) in [5.41, 5.74) is 1.21. The number of nitrogens with zero attached hydrogens (tertiary/aromatic N) is 4. The number of hydrogen-bond donors (Lipinski definition) is 1. The van der Waals surface area contributed by atoms with Gasteiger partial charge in [-0.3, -0.25) is 14.4 Å². The first-order valence-electron chi connectivity index (χ1n) is 5.23. The minimum atomic E-state index is -1.07. The van der Waals surface area contributed by atoms with E-state index in [-0.39, 0.29) is 5.69 Å². The first kappa shape index (κ1) is 10.4. The molecule has 6 nitrogen and oxygen atoms in total. The number of aromatic nitrogens is 4. The maximum atomic E-state index is 11.1. The molecule has 0 atom stereocenters. The average Bonchev–Trinajstić information content (AvgIpc) is 2.79. The SMILES string of the molecule is O=C(O)c1nc(-c2cccnc2)n2ccncc12. The van der Waals surface area contributed by atoms with Crippen molar-refractivity contribution in [3.05, 3.63) is 48.8 Å². The molecule has 0 fully saturated rings. The molecule has 3 heterocycles. The largest absolute Gasteiger partial charge is 0.476 e. The topological polar surface area (TPSA) is 80.4 Å². The molecule has 0 bridgehead atoms. The summed E-state index contributed by atoms with van der Waals surface area (Å²) in [6.45, 7) is 0. The summed E-state index contributed by atoms with van der Waals surface area (Å²) in [6, 6.07) is 3.60. The molecule has 0 saturated heterocycles. The van der Waals surface area contributed by atoms with Gasteiger partial charge in [-0.15, -0.1) is 0 Å². The van der Waals surface area contributed by atoms with Gasteiger partial charge in [0.2, 0.25) is 0 Å². The Bertz CT molecular complexity index is 721. The smallest absolute Gasteiger partial charge is 0.356 e. The standard InChI is InChI=1S/C12H8N4O2/c17-12(18)10-9-7-14-4-5-16(9)11(15-10)8-2-1-3-13-6-8/h1-7H,(H,17,18). The number of fused-ring (bicyclic) bond motifs is 1. The van der Waals surface area contributed by atoms with Crippen LogP contribution in [0.2, 0.25) is 0 Å². The van der Waals surface area contributed by atoms with E-state index in [1.54, 1.807) is 35.3 Å². The van der Waals surface area contributed by atoms with Crippen LogP contribution in [0.4, 0.5) is 0 Å². The van der Waals surface area contributed by atoms with E-state index in [4.69, 9.17) is 5.11 Å². The minimum Gasteiger partial charge on any atom is -0.476 e. The Morgan fingerprint density at radius 3 is 2.78 bits per heavy atom. The van der Waals surface area contributed by atoms with E-state index in [1.807, 2.05) is 6.07 Å². The number of carboxylic acid groups (broad SMARTS) is 1. The van der Waals surface area contributed by atoms with Crippen LogP contribution in [-0.4, -0.2) is 30.4 Å². The van der Waals surface area contributed by atoms with Crippen LogP contribution >= 0.6 is 0 Å². The van der Waals surface area contributed by atoms with Gasteiger partial charge in [-0.2, -0.15) is 0 Å². The van der Waals surface area contributed by atoms with Crippen molar-refractivity contribution in [3.63, 3.8) is 0 Å². The number of imidazole rings is 1. The summed E-state index contributed by atoms with van der Waals surface area (Å²) in [7, 11) is 0. The molecule has 6 heteroatoms. The Hall–Kier alpha value is -2.76. The van der Waals surface area contributed by atoms with Crippen molar-refractivity contribution in [1.29, 1.82) is 0 Å². The van der Waals surface area contributed by atoms with Gasteiger partial charge in [-0.25, -0.2) is 9.78 Å². The predicted octanol–water partition coefficient (Wildman–Crippen LogP) is 1.49. The maximum absolute atomic E-state index is 11.1. The Kier molecular flexibility index (Phi) is 2.26. The monoisotopic (exact) mass is 240 g/mol. The van der Waals surface area contributed by atoms with Crippen molar-refractivity contribution in [2.45, 2.75) is 0 Å². The summed E-state index contributed by atoms with van der Waals surface area (Å²) in [5.74, 6) is -0.534. The summed E-state index contributed by atoms with van der Waals surface area (Å²) >= 11 is 0. The molecule has 0 unspecified atom stereocenters. The minimum absolute atomic E-state index is 0.0121. The van der Waals surface area contributed by atoms with Gasteiger partial charge >= 0.3 is 5.97 Å². The maximum Gasteiger partial charge on any atom is 0.356 e. The molecule has 3 aromatic heterocycles. The molecular weight excluding hydrogens is 232 g/mol. The summed E-state index contributed by atoms with van der Waals surface area (Å²) in [4.78, 5) is 23.2. The van der Waals surface area contributed by atoms with Gasteiger partial charge in [0.05, 0.1) is 11.7 Å². The van der Waals surface area contributed by atoms with Crippen LogP contribution < -0.4 is 0 Å². The highest BCUT2D eigenvalue weighted by atomic mass is 16.4. The second-order valence-corrected chi connectivity index (χ2v) is 3.66. The van der Waals surface area contributed by atoms with Gasteiger partial charge in [-0.05, 0) is 12.1 Å². The lowest BCUT2D eigenvalue weighted by molar-refractivity contribution is 0.0693. The number of carbonyl (C=O) groups is 1. The molecule has 0 aliphatic carbocycles. The lowest BCUT2D eigenvalue weighted by atomic mass is 10.3. The Morgan fingerprint density at radius 2 is 2.06 bits per heavy atom. The van der Waals surface area contributed by atoms with Crippen molar-refractivity contribution in [2.24, 2.45) is 0 Å². The molecule has 0 aromatic carbocycles. The zero-order chi connectivity index (χ0) is 12.5. The summed E-state index contributed by atoms with van der Waals surface area (Å²) in [6.07, 6.45) is 8.04. The van der Waals surface area contributed by atoms with E-state index in [1.165, 1.54) is 6.20 Å². The Balaban J connectivity index is 2.34. The molecule has 0 saturated carbocycles. The van der Waals surface area contributed by atoms with Crippen molar-refractivity contribution in [2.75, 3.05) is 0 Å². The number of aromatic carboxylic acids is 1. The molecule has 88 valence electrons. The highest BCUT2D eigenvalue weighted by Crippen LogP contribution is 2.21. The molecule has 0 spiro atoms. The second-order valence-electron chi connectivity index (χ2n) is 3.66. The van der Waals surface area contributed by atoms with Crippen LogP contribution in [0.25, 0.3) is 16.9 Å². The van der Waals surface area contributed by atoms with Crippen LogP contribution in [0.3, 0.4) is 0 Å². The molecular formula is C12H8N4O2. The van der Waals surface area contributed by atoms with Crippen LogP contribution in [-0.2, 0) is 0 Å². The van der Waals surface area contributed by atoms with E-state index in [2.05, 4.69) is 15.0 Å². The fraction of sp³-hybridized carbons (Fsp3) is 0. The number of carboxylic acids is 1. The molecule has 1 N–H and O–H groups in total. The number of hydrogen-bond acceptors (Lipinski definition) is 4. The third-order valence-corrected chi connectivity index (χ3v) is 2.57. The van der Waals surface area contributed by atoms with Crippen LogP contribution in [0, 0.1) is 0 Å². The highest BCUT2D eigenvalue weighted by Gasteiger charge is 2.17. The van der Waals surface area contributed by atoms with Gasteiger partial charge in [0, 0.05) is 30.4 Å². The van der Waals surface area contributed by atoms with E-state index in [9.17, 15) is 4.79 Å². The second kappa shape index (κ2) is 3.92. The van der Waals surface area contributed by atoms with E-state index in [0.29, 0.717) is 11.3 Å². The zero-order valence-electron chi connectivity index (χ0n) is 9.19. The van der Waals surface area contributed by atoms with Crippen molar-refractivity contribution >= 4 is 11.5 Å². The molecule has 0 amide bonds. The molecule has 0 radical (unpaired) electrons. The van der Waals surface area contributed by atoms with E-state index >= 15 is 0 Å². The fourth-order valence-corrected chi connectivity index (χ4v) is 1.79. The van der Waals surface area contributed by atoms with Crippen molar-refractivity contribution in [3.8, 4) is 11.4 Å². The van der Waals surface area contributed by atoms with E-state index < -0.39 is 5.97 Å². The lowest BCUT2D eigenvalue weighted by Gasteiger charge is -1.98. The summed E-state index contributed by atoms with van der Waals surface area (Å²) in [5, 5.41) is 9.12. The van der Waals surface area contributed by atoms with Crippen molar-refractivity contribution < 1.29 is 9.90 Å².